The summed E-state index contributed by atoms with van der Waals surface area (Å²) in [6.07, 6.45) is 9.13. The fraction of sp³-hybridized carbons (Fsp3) is 0.778. The van der Waals surface area contributed by atoms with Crippen LogP contribution in [0.3, 0.4) is 0 Å². The Hall–Kier alpha value is -0.350. The van der Waals surface area contributed by atoms with Crippen LogP contribution < -0.4 is 0 Å². The van der Waals surface area contributed by atoms with Gasteiger partial charge in [-0.1, -0.05) is 25.5 Å². The van der Waals surface area contributed by atoms with E-state index < -0.39 is 10.1 Å². The van der Waals surface area contributed by atoms with Crippen molar-refractivity contribution < 1.29 is 12.6 Å². The van der Waals surface area contributed by atoms with Gasteiger partial charge in [-0.25, -0.2) is 0 Å². The molecule has 0 spiro atoms. The van der Waals surface area contributed by atoms with Crippen molar-refractivity contribution in [3.8, 4) is 0 Å². The lowest BCUT2D eigenvalue weighted by molar-refractivity contribution is 0.317. The van der Waals surface area contributed by atoms with Crippen molar-refractivity contribution >= 4 is 10.1 Å². The normalized spacial score (nSPS) is 12.5. The molecule has 0 N–H and O–H groups in total. The van der Waals surface area contributed by atoms with E-state index in [0.29, 0.717) is 0 Å². The van der Waals surface area contributed by atoms with Gasteiger partial charge in [0.2, 0.25) is 0 Å². The predicted octanol–water partition coefficient (Wildman–Crippen LogP) is 2.10. The standard InChI is InChI=1S/C9H18O3S/c1-3-4-5-6-7-8-9-12-13(2,10)11/h5-6H,3-4,7-9H2,1-2H3. The molecule has 0 saturated carbocycles. The monoisotopic (exact) mass is 206 g/mol. The highest BCUT2D eigenvalue weighted by atomic mass is 32.2. The Kier molecular flexibility index (Phi) is 6.90. The van der Waals surface area contributed by atoms with Gasteiger partial charge in [0.15, 0.2) is 0 Å². The van der Waals surface area contributed by atoms with Crippen LogP contribution >= 0.6 is 0 Å². The minimum Gasteiger partial charge on any atom is -0.270 e. The van der Waals surface area contributed by atoms with Gasteiger partial charge in [-0.3, -0.25) is 4.18 Å². The summed E-state index contributed by atoms with van der Waals surface area (Å²) in [7, 11) is -3.25. The number of hydrogen-bond acceptors (Lipinski definition) is 3. The van der Waals surface area contributed by atoms with Gasteiger partial charge >= 0.3 is 0 Å². The topological polar surface area (TPSA) is 43.4 Å². The first-order chi connectivity index (χ1) is 6.06. The lowest BCUT2D eigenvalue weighted by atomic mass is 10.2. The molecule has 0 bridgehead atoms. The van der Waals surface area contributed by atoms with Crippen molar-refractivity contribution in [2.75, 3.05) is 12.9 Å². The highest BCUT2D eigenvalue weighted by Crippen LogP contribution is 1.97. The van der Waals surface area contributed by atoms with E-state index in [0.717, 1.165) is 31.9 Å². The first kappa shape index (κ1) is 12.7. The minimum atomic E-state index is -3.25. The molecule has 78 valence electrons. The summed E-state index contributed by atoms with van der Waals surface area (Å²) in [5, 5.41) is 0. The van der Waals surface area contributed by atoms with Gasteiger partial charge < -0.3 is 0 Å². The Morgan fingerprint density at radius 1 is 1.23 bits per heavy atom. The van der Waals surface area contributed by atoms with Crippen molar-refractivity contribution in [1.82, 2.24) is 0 Å². The zero-order valence-electron chi connectivity index (χ0n) is 8.32. The van der Waals surface area contributed by atoms with Crippen molar-refractivity contribution in [1.29, 1.82) is 0 Å². The fourth-order valence-electron chi connectivity index (χ4n) is 0.814. The van der Waals surface area contributed by atoms with Crippen LogP contribution in [0.4, 0.5) is 0 Å². The van der Waals surface area contributed by atoms with Gasteiger partial charge in [-0.2, -0.15) is 8.42 Å². The van der Waals surface area contributed by atoms with E-state index in [2.05, 4.69) is 23.3 Å². The Labute approximate surface area is 80.9 Å². The molecule has 0 aromatic rings. The van der Waals surface area contributed by atoms with Crippen LogP contribution in [-0.4, -0.2) is 21.3 Å². The third-order valence-corrected chi connectivity index (χ3v) is 2.03. The number of unbranched alkanes of at least 4 members (excludes halogenated alkanes) is 2. The lowest BCUT2D eigenvalue weighted by Gasteiger charge is -1.97. The summed E-state index contributed by atoms with van der Waals surface area (Å²) < 4.78 is 25.6. The molecule has 0 amide bonds. The zero-order chi connectivity index (χ0) is 10.2. The van der Waals surface area contributed by atoms with Crippen LogP contribution in [0.15, 0.2) is 12.2 Å². The number of hydrogen-bond donors (Lipinski definition) is 0. The molecule has 0 aromatic heterocycles. The molecule has 0 atom stereocenters. The minimum absolute atomic E-state index is 0.287. The molecule has 0 fully saturated rings. The third kappa shape index (κ3) is 11.7. The molecule has 4 heteroatoms. The Balaban J connectivity index is 3.27. The van der Waals surface area contributed by atoms with E-state index >= 15 is 0 Å². The van der Waals surface area contributed by atoms with Gasteiger partial charge in [0.1, 0.15) is 0 Å². The highest BCUT2D eigenvalue weighted by molar-refractivity contribution is 7.85. The van der Waals surface area contributed by atoms with Gasteiger partial charge in [0.05, 0.1) is 12.9 Å². The molecule has 0 heterocycles. The molecule has 3 nitrogen and oxygen atoms in total. The number of rotatable bonds is 7. The Bertz CT molecular complexity index is 229. The maximum absolute atomic E-state index is 10.5. The molecule has 0 unspecified atom stereocenters. The molecule has 0 aliphatic heterocycles. The Morgan fingerprint density at radius 3 is 2.38 bits per heavy atom. The van der Waals surface area contributed by atoms with Gasteiger partial charge in [-0.05, 0) is 19.3 Å². The van der Waals surface area contributed by atoms with Crippen LogP contribution in [0.1, 0.15) is 32.6 Å². The van der Waals surface area contributed by atoms with Crippen molar-refractivity contribution in [3.63, 3.8) is 0 Å². The molecular formula is C9H18O3S. The first-order valence-electron chi connectivity index (χ1n) is 4.55. The second kappa shape index (κ2) is 7.09. The largest absolute Gasteiger partial charge is 0.270 e. The molecule has 0 aromatic carbocycles. The molecule has 0 rings (SSSR count). The summed E-state index contributed by atoms with van der Waals surface area (Å²) in [5.74, 6) is 0. The van der Waals surface area contributed by atoms with Crippen LogP contribution in [0.2, 0.25) is 0 Å². The van der Waals surface area contributed by atoms with Crippen LogP contribution in [0.25, 0.3) is 0 Å². The predicted molar refractivity (Wildman–Crippen MR) is 54.1 cm³/mol. The second-order valence-corrected chi connectivity index (χ2v) is 4.57. The van der Waals surface area contributed by atoms with E-state index in [4.69, 9.17) is 0 Å². The van der Waals surface area contributed by atoms with E-state index in [9.17, 15) is 8.42 Å². The average molecular weight is 206 g/mol. The molecule has 13 heavy (non-hydrogen) atoms. The summed E-state index contributed by atoms with van der Waals surface area (Å²) in [5.41, 5.74) is 0. The maximum atomic E-state index is 10.5. The molecular weight excluding hydrogens is 188 g/mol. The molecule has 0 aliphatic rings. The molecule has 0 radical (unpaired) electrons. The van der Waals surface area contributed by atoms with Crippen LogP contribution in [-0.2, 0) is 14.3 Å². The van der Waals surface area contributed by atoms with E-state index in [1.165, 1.54) is 0 Å². The quantitative estimate of drug-likeness (QED) is 0.364. The third-order valence-electron chi connectivity index (χ3n) is 1.43. The van der Waals surface area contributed by atoms with Crippen molar-refractivity contribution in [2.45, 2.75) is 32.6 Å². The Morgan fingerprint density at radius 2 is 1.85 bits per heavy atom. The van der Waals surface area contributed by atoms with Crippen LogP contribution in [0.5, 0.6) is 0 Å². The smallest absolute Gasteiger partial charge is 0.264 e. The van der Waals surface area contributed by atoms with Gasteiger partial charge in [0, 0.05) is 0 Å². The van der Waals surface area contributed by atoms with Crippen molar-refractivity contribution in [3.05, 3.63) is 12.2 Å². The average Bonchev–Trinajstić information content (AvgIpc) is 2.01. The number of allylic oxidation sites excluding steroid dienone is 2. The fourth-order valence-corrected chi connectivity index (χ4v) is 1.23. The summed E-state index contributed by atoms with van der Waals surface area (Å²) in [6, 6.07) is 0. The first-order valence-corrected chi connectivity index (χ1v) is 6.37. The van der Waals surface area contributed by atoms with E-state index in [1.54, 1.807) is 0 Å². The molecule has 0 saturated heterocycles. The maximum Gasteiger partial charge on any atom is 0.264 e. The van der Waals surface area contributed by atoms with Gasteiger partial charge in [-0.15, -0.1) is 0 Å². The zero-order valence-corrected chi connectivity index (χ0v) is 9.14. The summed E-state index contributed by atoms with van der Waals surface area (Å²) >= 11 is 0. The van der Waals surface area contributed by atoms with Crippen molar-refractivity contribution in [2.24, 2.45) is 0 Å². The lowest BCUT2D eigenvalue weighted by Crippen LogP contribution is -2.03. The summed E-state index contributed by atoms with van der Waals surface area (Å²) in [4.78, 5) is 0. The van der Waals surface area contributed by atoms with Gasteiger partial charge in [0.25, 0.3) is 10.1 Å². The highest BCUT2D eigenvalue weighted by Gasteiger charge is 1.98. The van der Waals surface area contributed by atoms with Crippen LogP contribution in [0, 0.1) is 0 Å². The second-order valence-electron chi connectivity index (χ2n) is 2.93. The SMILES string of the molecule is CCCC=CCCCOS(C)(=O)=O. The molecule has 0 aliphatic carbocycles. The van der Waals surface area contributed by atoms with E-state index in [1.807, 2.05) is 0 Å². The van der Waals surface area contributed by atoms with E-state index in [-0.39, 0.29) is 6.61 Å². The summed E-state index contributed by atoms with van der Waals surface area (Å²) in [6.45, 7) is 2.41.